The lowest BCUT2D eigenvalue weighted by Crippen LogP contribution is -2.41. The van der Waals surface area contributed by atoms with Crippen molar-refractivity contribution in [3.05, 3.63) is 76.1 Å². The number of anilines is 1. The predicted octanol–water partition coefficient (Wildman–Crippen LogP) is 3.16. The fourth-order valence-corrected chi connectivity index (χ4v) is 3.53. The van der Waals surface area contributed by atoms with E-state index >= 15 is 0 Å². The molecule has 1 aliphatic heterocycles. The van der Waals surface area contributed by atoms with Crippen molar-refractivity contribution in [2.24, 2.45) is 0 Å². The van der Waals surface area contributed by atoms with Crippen LogP contribution in [0.3, 0.4) is 0 Å². The number of carbonyl (C=O) groups excluding carboxylic acids is 3. The quantitative estimate of drug-likeness (QED) is 0.382. The molecular formula is C21H16N4O5. The Morgan fingerprint density at radius 1 is 1.07 bits per heavy atom. The van der Waals surface area contributed by atoms with E-state index in [4.69, 9.17) is 0 Å². The molecule has 0 fully saturated rings. The van der Waals surface area contributed by atoms with Gasteiger partial charge in [-0.05, 0) is 30.0 Å². The highest BCUT2D eigenvalue weighted by Crippen LogP contribution is 2.30. The SMILES string of the molecule is O=C(CCCN1C(=O)c2cccc3cccc(c23)C1=O)Nc1ccncc1[N+](=O)[O-]. The topological polar surface area (TPSA) is 123 Å². The summed E-state index contributed by atoms with van der Waals surface area (Å²) in [4.78, 5) is 53.0. The number of imide groups is 1. The van der Waals surface area contributed by atoms with Crippen LogP contribution in [0.5, 0.6) is 0 Å². The van der Waals surface area contributed by atoms with E-state index < -0.39 is 22.6 Å². The number of hydrogen-bond donors (Lipinski definition) is 1. The van der Waals surface area contributed by atoms with E-state index in [1.54, 1.807) is 24.3 Å². The second-order valence-electron chi connectivity index (χ2n) is 6.77. The zero-order valence-electron chi connectivity index (χ0n) is 15.7. The molecule has 2 aromatic carbocycles. The highest BCUT2D eigenvalue weighted by molar-refractivity contribution is 6.25. The van der Waals surface area contributed by atoms with Crippen molar-refractivity contribution in [1.82, 2.24) is 9.88 Å². The number of amides is 3. The van der Waals surface area contributed by atoms with Gasteiger partial charge in [0.1, 0.15) is 11.9 Å². The normalized spacial score (nSPS) is 12.9. The molecule has 150 valence electrons. The highest BCUT2D eigenvalue weighted by atomic mass is 16.6. The maximum absolute atomic E-state index is 12.8. The highest BCUT2D eigenvalue weighted by Gasteiger charge is 2.32. The summed E-state index contributed by atoms with van der Waals surface area (Å²) in [5.41, 5.74) is 0.654. The molecule has 0 unspecified atom stereocenters. The maximum atomic E-state index is 12.8. The molecule has 30 heavy (non-hydrogen) atoms. The first-order valence-electron chi connectivity index (χ1n) is 9.23. The average Bonchev–Trinajstić information content (AvgIpc) is 2.74. The Labute approximate surface area is 170 Å². The molecule has 0 atom stereocenters. The van der Waals surface area contributed by atoms with Crippen molar-refractivity contribution in [2.45, 2.75) is 12.8 Å². The number of nitro groups is 1. The molecular weight excluding hydrogens is 388 g/mol. The summed E-state index contributed by atoms with van der Waals surface area (Å²) in [6.07, 6.45) is 2.60. The Hall–Kier alpha value is -4.14. The van der Waals surface area contributed by atoms with Gasteiger partial charge in [0.2, 0.25) is 5.91 Å². The van der Waals surface area contributed by atoms with Gasteiger partial charge in [0.25, 0.3) is 11.8 Å². The van der Waals surface area contributed by atoms with E-state index in [9.17, 15) is 24.5 Å². The Balaban J connectivity index is 1.44. The van der Waals surface area contributed by atoms with Gasteiger partial charge < -0.3 is 5.32 Å². The molecule has 0 radical (unpaired) electrons. The van der Waals surface area contributed by atoms with E-state index in [2.05, 4.69) is 10.3 Å². The Bertz CT molecular complexity index is 1160. The number of hydrogen-bond acceptors (Lipinski definition) is 6. The monoisotopic (exact) mass is 404 g/mol. The molecule has 0 aliphatic carbocycles. The van der Waals surface area contributed by atoms with Crippen LogP contribution in [0.2, 0.25) is 0 Å². The Kier molecular flexibility index (Phi) is 4.93. The third-order valence-electron chi connectivity index (χ3n) is 4.91. The Morgan fingerprint density at radius 2 is 1.73 bits per heavy atom. The van der Waals surface area contributed by atoms with Crippen LogP contribution in [-0.4, -0.2) is 39.1 Å². The van der Waals surface area contributed by atoms with Gasteiger partial charge in [-0.1, -0.05) is 24.3 Å². The molecule has 9 heteroatoms. The summed E-state index contributed by atoms with van der Waals surface area (Å²) in [5, 5.41) is 15.0. The second-order valence-corrected chi connectivity index (χ2v) is 6.77. The predicted molar refractivity (Wildman–Crippen MR) is 108 cm³/mol. The van der Waals surface area contributed by atoms with Gasteiger partial charge in [0, 0.05) is 35.7 Å². The first-order valence-corrected chi connectivity index (χ1v) is 9.23. The summed E-state index contributed by atoms with van der Waals surface area (Å²) < 4.78 is 0. The van der Waals surface area contributed by atoms with Crippen LogP contribution in [0, 0.1) is 10.1 Å². The van der Waals surface area contributed by atoms with E-state index in [0.29, 0.717) is 16.5 Å². The largest absolute Gasteiger partial charge is 0.320 e. The van der Waals surface area contributed by atoms with Gasteiger partial charge in [-0.2, -0.15) is 0 Å². The molecule has 4 rings (SSSR count). The van der Waals surface area contributed by atoms with Crippen LogP contribution in [0.15, 0.2) is 54.9 Å². The van der Waals surface area contributed by atoms with Gasteiger partial charge in [0.15, 0.2) is 0 Å². The third-order valence-corrected chi connectivity index (χ3v) is 4.91. The number of nitrogens with zero attached hydrogens (tertiary/aromatic N) is 3. The van der Waals surface area contributed by atoms with Crippen molar-refractivity contribution in [3.8, 4) is 0 Å². The van der Waals surface area contributed by atoms with Crippen molar-refractivity contribution in [1.29, 1.82) is 0 Å². The van der Waals surface area contributed by atoms with Crippen LogP contribution in [0.1, 0.15) is 33.6 Å². The molecule has 0 saturated heterocycles. The number of rotatable bonds is 6. The van der Waals surface area contributed by atoms with Gasteiger partial charge in [0.05, 0.1) is 4.92 Å². The number of carbonyl (C=O) groups is 3. The number of pyridine rings is 1. The Morgan fingerprint density at radius 3 is 2.37 bits per heavy atom. The van der Waals surface area contributed by atoms with Gasteiger partial charge in [-0.25, -0.2) is 0 Å². The number of aromatic nitrogens is 1. The minimum Gasteiger partial charge on any atom is -0.320 e. The van der Waals surface area contributed by atoms with Gasteiger partial charge in [-0.15, -0.1) is 0 Å². The van der Waals surface area contributed by atoms with Crippen molar-refractivity contribution in [3.63, 3.8) is 0 Å². The van der Waals surface area contributed by atoms with Gasteiger partial charge >= 0.3 is 5.69 Å². The standard InChI is InChI=1S/C21H16N4O5/c26-18(23-16-9-10-22-12-17(16)25(29)30)8-3-11-24-20(27)14-6-1-4-13-5-2-7-15(19(13)14)21(24)28/h1-2,4-7,9-10,12H,3,8,11H2,(H,22,23,26). The molecule has 9 nitrogen and oxygen atoms in total. The molecule has 1 aromatic heterocycles. The summed E-state index contributed by atoms with van der Waals surface area (Å²) in [5.74, 6) is -1.24. The fourth-order valence-electron chi connectivity index (χ4n) is 3.53. The maximum Gasteiger partial charge on any atom is 0.310 e. The van der Waals surface area contributed by atoms with Crippen molar-refractivity contribution in [2.75, 3.05) is 11.9 Å². The van der Waals surface area contributed by atoms with Gasteiger partial charge in [-0.3, -0.25) is 34.4 Å². The van der Waals surface area contributed by atoms with Crippen LogP contribution in [0.4, 0.5) is 11.4 Å². The third kappa shape index (κ3) is 3.37. The lowest BCUT2D eigenvalue weighted by atomic mass is 9.94. The van der Waals surface area contributed by atoms with Crippen LogP contribution in [0.25, 0.3) is 10.8 Å². The molecule has 3 aromatic rings. The lowest BCUT2D eigenvalue weighted by molar-refractivity contribution is -0.384. The van der Waals surface area contributed by atoms with Crippen LogP contribution < -0.4 is 5.32 Å². The molecule has 2 heterocycles. The zero-order chi connectivity index (χ0) is 21.3. The fraction of sp³-hybridized carbons (Fsp3) is 0.143. The zero-order valence-corrected chi connectivity index (χ0v) is 15.7. The van der Waals surface area contributed by atoms with E-state index in [1.165, 1.54) is 12.3 Å². The summed E-state index contributed by atoms with van der Waals surface area (Å²) in [6.45, 7) is 0.0637. The van der Waals surface area contributed by atoms with Crippen molar-refractivity contribution < 1.29 is 19.3 Å². The first kappa shape index (κ1) is 19.2. The molecule has 1 aliphatic rings. The van der Waals surface area contributed by atoms with Crippen molar-refractivity contribution >= 4 is 39.9 Å². The summed E-state index contributed by atoms with van der Waals surface area (Å²) in [6, 6.07) is 11.9. The smallest absolute Gasteiger partial charge is 0.310 e. The first-order chi connectivity index (χ1) is 14.5. The number of nitrogens with one attached hydrogen (secondary N) is 1. The minimum absolute atomic E-state index is 0.0115. The van der Waals surface area contributed by atoms with Crippen LogP contribution >= 0.6 is 0 Å². The molecule has 3 amide bonds. The molecule has 0 bridgehead atoms. The lowest BCUT2D eigenvalue weighted by Gasteiger charge is -2.27. The van der Waals surface area contributed by atoms with E-state index in [-0.39, 0.29) is 30.8 Å². The second kappa shape index (κ2) is 7.70. The minimum atomic E-state index is -0.633. The molecule has 0 saturated carbocycles. The van der Waals surface area contributed by atoms with Crippen LogP contribution in [-0.2, 0) is 4.79 Å². The van der Waals surface area contributed by atoms with E-state index in [1.807, 2.05) is 12.1 Å². The molecule has 1 N–H and O–H groups in total. The average molecular weight is 404 g/mol. The van der Waals surface area contributed by atoms with E-state index in [0.717, 1.165) is 16.5 Å². The summed E-state index contributed by atoms with van der Waals surface area (Å²) >= 11 is 0. The summed E-state index contributed by atoms with van der Waals surface area (Å²) in [7, 11) is 0. The number of benzene rings is 2. The molecule has 0 spiro atoms.